The first-order chi connectivity index (χ1) is 7.77. The number of rotatable bonds is 3. The van der Waals surface area contributed by atoms with Gasteiger partial charge in [0.2, 0.25) is 0 Å². The van der Waals surface area contributed by atoms with Crippen molar-refractivity contribution in [2.75, 3.05) is 11.5 Å². The highest BCUT2D eigenvalue weighted by Crippen LogP contribution is 2.42. The number of nitrogen functional groups attached to an aromatic ring is 2. The predicted octanol–water partition coefficient (Wildman–Crippen LogP) is 3.65. The van der Waals surface area contributed by atoms with Crippen molar-refractivity contribution < 1.29 is 0 Å². The monoisotopic (exact) mass is 248 g/mol. The summed E-state index contributed by atoms with van der Waals surface area (Å²) in [5.41, 5.74) is 13.2. The van der Waals surface area contributed by atoms with Gasteiger partial charge < -0.3 is 11.5 Å². The van der Waals surface area contributed by atoms with Crippen LogP contribution in [0, 0.1) is 0 Å². The Morgan fingerprint density at radius 2 is 1.31 bits per heavy atom. The Kier molecular flexibility index (Phi) is 3.64. The highest BCUT2D eigenvalue weighted by Gasteiger charge is 2.05. The molecular weight excluding hydrogens is 236 g/mol. The third-order valence-corrected chi connectivity index (χ3v) is 4.55. The zero-order chi connectivity index (χ0) is 11.4. The second-order valence-corrected chi connectivity index (χ2v) is 5.46. The molecule has 0 saturated carbocycles. The first-order valence-corrected chi connectivity index (χ1v) is 6.96. The Morgan fingerprint density at radius 1 is 0.688 bits per heavy atom. The van der Waals surface area contributed by atoms with Gasteiger partial charge >= 0.3 is 0 Å². The van der Waals surface area contributed by atoms with Crippen LogP contribution in [0.15, 0.2) is 58.3 Å². The predicted molar refractivity (Wildman–Crippen MR) is 73.4 cm³/mol. The van der Waals surface area contributed by atoms with Crippen molar-refractivity contribution in [3.8, 4) is 0 Å². The van der Waals surface area contributed by atoms with Crippen LogP contribution in [0.3, 0.4) is 0 Å². The molecule has 2 aromatic carbocycles. The van der Waals surface area contributed by atoms with Crippen molar-refractivity contribution in [1.29, 1.82) is 0 Å². The van der Waals surface area contributed by atoms with Gasteiger partial charge in [0.15, 0.2) is 0 Å². The van der Waals surface area contributed by atoms with E-state index in [2.05, 4.69) is 12.1 Å². The smallest absolute Gasteiger partial charge is 0.0645 e. The summed E-state index contributed by atoms with van der Waals surface area (Å²) in [5.74, 6) is 0. The zero-order valence-electron chi connectivity index (χ0n) is 8.59. The fourth-order valence-corrected chi connectivity index (χ4v) is 3.46. The molecule has 0 saturated heterocycles. The minimum Gasteiger partial charge on any atom is -0.398 e. The maximum absolute atomic E-state index is 5.87. The van der Waals surface area contributed by atoms with Crippen LogP contribution in [0.2, 0.25) is 0 Å². The molecule has 0 atom stereocenters. The highest BCUT2D eigenvalue weighted by molar-refractivity contribution is 8.76. The summed E-state index contributed by atoms with van der Waals surface area (Å²) in [4.78, 5) is 2.13. The molecule has 4 N–H and O–H groups in total. The van der Waals surface area contributed by atoms with Gasteiger partial charge in [0.25, 0.3) is 0 Å². The van der Waals surface area contributed by atoms with Crippen molar-refractivity contribution in [2.24, 2.45) is 0 Å². The summed E-state index contributed by atoms with van der Waals surface area (Å²) in [6.45, 7) is 0. The molecule has 0 heterocycles. The van der Waals surface area contributed by atoms with Gasteiger partial charge in [-0.15, -0.1) is 0 Å². The summed E-state index contributed by atoms with van der Waals surface area (Å²) in [6.07, 6.45) is 0. The summed E-state index contributed by atoms with van der Waals surface area (Å²) >= 11 is 0. The molecule has 2 aromatic rings. The van der Waals surface area contributed by atoms with E-state index in [0.717, 1.165) is 16.3 Å². The summed E-state index contributed by atoms with van der Waals surface area (Å²) in [6, 6.07) is 15.7. The van der Waals surface area contributed by atoms with Gasteiger partial charge in [-0.05, 0) is 35.1 Å². The molecule has 0 radical (unpaired) electrons. The maximum Gasteiger partial charge on any atom is 0.0645 e. The van der Waals surface area contributed by atoms with E-state index in [1.807, 2.05) is 36.4 Å². The van der Waals surface area contributed by atoms with Crippen molar-refractivity contribution in [1.82, 2.24) is 0 Å². The van der Waals surface area contributed by atoms with Crippen LogP contribution < -0.4 is 11.5 Å². The van der Waals surface area contributed by atoms with E-state index >= 15 is 0 Å². The fourth-order valence-electron chi connectivity index (χ4n) is 1.24. The van der Waals surface area contributed by atoms with Gasteiger partial charge in [0, 0.05) is 16.3 Å². The normalized spacial score (nSPS) is 10.2. The van der Waals surface area contributed by atoms with E-state index in [9.17, 15) is 0 Å². The lowest BCUT2D eigenvalue weighted by molar-refractivity contribution is 1.46. The molecule has 0 fully saturated rings. The Labute approximate surface area is 103 Å². The van der Waals surface area contributed by atoms with Crippen LogP contribution in [0.5, 0.6) is 0 Å². The van der Waals surface area contributed by atoms with Crippen LogP contribution in [-0.4, -0.2) is 0 Å². The van der Waals surface area contributed by atoms with E-state index in [-0.39, 0.29) is 0 Å². The average Bonchev–Trinajstić information content (AvgIpc) is 2.30. The van der Waals surface area contributed by atoms with E-state index in [1.165, 1.54) is 4.90 Å². The van der Waals surface area contributed by atoms with Gasteiger partial charge in [-0.1, -0.05) is 35.1 Å². The first-order valence-electron chi connectivity index (χ1n) is 4.81. The Bertz CT molecular complexity index is 451. The Hall–Kier alpha value is -1.26. The minimum atomic E-state index is 0.730. The van der Waals surface area contributed by atoms with E-state index in [4.69, 9.17) is 11.5 Å². The van der Waals surface area contributed by atoms with Crippen molar-refractivity contribution in [3.05, 3.63) is 48.5 Å². The maximum atomic E-state index is 5.87. The number of benzene rings is 2. The first kappa shape index (κ1) is 11.2. The van der Waals surface area contributed by atoms with E-state index < -0.39 is 0 Å². The summed E-state index contributed by atoms with van der Waals surface area (Å²) in [5, 5.41) is 0. The zero-order valence-corrected chi connectivity index (χ0v) is 10.2. The van der Waals surface area contributed by atoms with Crippen LogP contribution in [-0.2, 0) is 0 Å². The third-order valence-electron chi connectivity index (χ3n) is 2.04. The molecule has 0 aromatic heterocycles. The SMILES string of the molecule is Nc1cccc(N)c1SSc1ccccc1. The van der Waals surface area contributed by atoms with Crippen molar-refractivity contribution in [3.63, 3.8) is 0 Å². The van der Waals surface area contributed by atoms with Gasteiger partial charge in [0.05, 0.1) is 4.90 Å². The van der Waals surface area contributed by atoms with Gasteiger partial charge in [-0.3, -0.25) is 0 Å². The highest BCUT2D eigenvalue weighted by atomic mass is 33.1. The van der Waals surface area contributed by atoms with Gasteiger partial charge in [-0.2, -0.15) is 0 Å². The Balaban J connectivity index is 2.11. The second kappa shape index (κ2) is 5.18. The average molecular weight is 248 g/mol. The van der Waals surface area contributed by atoms with Crippen LogP contribution in [0.1, 0.15) is 0 Å². The number of hydrogen-bond acceptors (Lipinski definition) is 4. The molecule has 0 aliphatic heterocycles. The number of hydrogen-bond donors (Lipinski definition) is 2. The molecule has 16 heavy (non-hydrogen) atoms. The molecular formula is C12H12N2S2. The molecule has 0 aliphatic rings. The minimum absolute atomic E-state index is 0.730. The van der Waals surface area contributed by atoms with Crippen LogP contribution >= 0.6 is 21.6 Å². The topological polar surface area (TPSA) is 52.0 Å². The molecule has 0 amide bonds. The van der Waals surface area contributed by atoms with Crippen molar-refractivity contribution >= 4 is 33.0 Å². The van der Waals surface area contributed by atoms with Crippen LogP contribution in [0.25, 0.3) is 0 Å². The lowest BCUT2D eigenvalue weighted by Gasteiger charge is -2.07. The van der Waals surface area contributed by atoms with E-state index in [0.29, 0.717) is 0 Å². The molecule has 0 bridgehead atoms. The third kappa shape index (κ3) is 2.65. The molecule has 0 spiro atoms. The number of anilines is 2. The summed E-state index contributed by atoms with van der Waals surface area (Å²) in [7, 11) is 3.25. The summed E-state index contributed by atoms with van der Waals surface area (Å²) < 4.78 is 0. The molecule has 0 unspecified atom stereocenters. The van der Waals surface area contributed by atoms with Crippen LogP contribution in [0.4, 0.5) is 11.4 Å². The molecule has 4 heteroatoms. The lowest BCUT2D eigenvalue weighted by atomic mass is 10.3. The lowest BCUT2D eigenvalue weighted by Crippen LogP contribution is -1.93. The van der Waals surface area contributed by atoms with Crippen molar-refractivity contribution in [2.45, 2.75) is 9.79 Å². The second-order valence-electron chi connectivity index (χ2n) is 3.25. The molecule has 0 aliphatic carbocycles. The molecule has 2 nitrogen and oxygen atoms in total. The van der Waals surface area contributed by atoms with E-state index in [1.54, 1.807) is 21.6 Å². The largest absolute Gasteiger partial charge is 0.398 e. The Morgan fingerprint density at radius 3 is 1.94 bits per heavy atom. The molecule has 82 valence electrons. The van der Waals surface area contributed by atoms with Gasteiger partial charge in [0.1, 0.15) is 0 Å². The quantitative estimate of drug-likeness (QED) is 0.643. The molecule has 2 rings (SSSR count). The number of nitrogens with two attached hydrogens (primary N) is 2. The van der Waals surface area contributed by atoms with Gasteiger partial charge in [-0.25, -0.2) is 0 Å². The standard InChI is InChI=1S/C12H12N2S2/c13-10-7-4-8-11(14)12(10)16-15-9-5-2-1-3-6-9/h1-8H,13-14H2. The fraction of sp³-hybridized carbons (Fsp3) is 0.